The Bertz CT molecular complexity index is 501. The predicted octanol–water partition coefficient (Wildman–Crippen LogP) is 2.16. The Balaban J connectivity index is 2.09. The van der Waals surface area contributed by atoms with Gasteiger partial charge < -0.3 is 10.4 Å². The Morgan fingerprint density at radius 3 is 2.89 bits per heavy atom. The third-order valence-electron chi connectivity index (χ3n) is 3.61. The molecule has 1 fully saturated rings. The number of hydrogen-bond donors (Lipinski definition) is 2. The van der Waals surface area contributed by atoms with Crippen LogP contribution in [0.1, 0.15) is 39.2 Å². The highest BCUT2D eigenvalue weighted by atomic mass is 79.9. The maximum atomic E-state index is 12.1. The van der Waals surface area contributed by atoms with Crippen molar-refractivity contribution in [2.75, 3.05) is 11.9 Å². The highest BCUT2D eigenvalue weighted by molar-refractivity contribution is 9.10. The summed E-state index contributed by atoms with van der Waals surface area (Å²) in [6.45, 7) is 4.51. The summed E-state index contributed by atoms with van der Waals surface area (Å²) in [4.78, 5) is 12.1. The maximum Gasteiger partial charge on any atom is 0.283 e. The van der Waals surface area contributed by atoms with E-state index in [0.717, 1.165) is 19.3 Å². The minimum Gasteiger partial charge on any atom is -0.393 e. The molecule has 0 aromatic carbocycles. The van der Waals surface area contributed by atoms with Crippen LogP contribution >= 0.6 is 15.9 Å². The zero-order valence-corrected chi connectivity index (χ0v) is 12.9. The van der Waals surface area contributed by atoms with Gasteiger partial charge in [-0.2, -0.15) is 5.10 Å². The molecule has 0 amide bonds. The van der Waals surface area contributed by atoms with E-state index < -0.39 is 0 Å². The number of anilines is 1. The van der Waals surface area contributed by atoms with Crippen molar-refractivity contribution in [3.63, 3.8) is 0 Å². The van der Waals surface area contributed by atoms with E-state index in [-0.39, 0.29) is 23.6 Å². The average molecular weight is 330 g/mol. The van der Waals surface area contributed by atoms with Gasteiger partial charge in [-0.15, -0.1) is 0 Å². The van der Waals surface area contributed by atoms with Crippen LogP contribution in [0.4, 0.5) is 5.69 Å². The standard InChI is InChI=1S/C13H20BrN3O2/c1-8(2)17-13(19)12(14)10(7-16-17)15-6-9-4-3-5-11(9)18/h7-9,11,15,18H,3-6H2,1-2H3. The number of hydrogen-bond acceptors (Lipinski definition) is 4. The molecule has 1 aliphatic rings. The summed E-state index contributed by atoms with van der Waals surface area (Å²) in [6.07, 6.45) is 4.41. The van der Waals surface area contributed by atoms with Gasteiger partial charge in [-0.25, -0.2) is 4.68 Å². The van der Waals surface area contributed by atoms with E-state index in [0.29, 0.717) is 16.7 Å². The molecule has 5 nitrogen and oxygen atoms in total. The molecule has 0 bridgehead atoms. The van der Waals surface area contributed by atoms with Gasteiger partial charge in [-0.3, -0.25) is 4.79 Å². The van der Waals surface area contributed by atoms with Gasteiger partial charge in [0.05, 0.1) is 24.0 Å². The van der Waals surface area contributed by atoms with Crippen LogP contribution in [-0.4, -0.2) is 27.5 Å². The van der Waals surface area contributed by atoms with Crippen molar-refractivity contribution < 1.29 is 5.11 Å². The lowest BCUT2D eigenvalue weighted by atomic mass is 10.1. The SMILES string of the molecule is CC(C)n1ncc(NCC2CCCC2O)c(Br)c1=O. The van der Waals surface area contributed by atoms with Gasteiger partial charge in [-0.1, -0.05) is 6.42 Å². The first kappa shape index (κ1) is 14.5. The highest BCUT2D eigenvalue weighted by Gasteiger charge is 2.25. The van der Waals surface area contributed by atoms with Gasteiger partial charge in [0.15, 0.2) is 0 Å². The van der Waals surface area contributed by atoms with E-state index in [1.165, 1.54) is 4.68 Å². The van der Waals surface area contributed by atoms with Gasteiger partial charge >= 0.3 is 0 Å². The van der Waals surface area contributed by atoms with Crippen LogP contribution in [0.5, 0.6) is 0 Å². The molecule has 0 saturated heterocycles. The van der Waals surface area contributed by atoms with E-state index in [4.69, 9.17) is 0 Å². The van der Waals surface area contributed by atoms with Gasteiger partial charge in [-0.05, 0) is 42.6 Å². The van der Waals surface area contributed by atoms with Crippen molar-refractivity contribution in [3.8, 4) is 0 Å². The van der Waals surface area contributed by atoms with Crippen molar-refractivity contribution in [1.29, 1.82) is 0 Å². The van der Waals surface area contributed by atoms with Crippen LogP contribution in [0, 0.1) is 5.92 Å². The fourth-order valence-corrected chi connectivity index (χ4v) is 2.86. The number of nitrogens with zero attached hydrogens (tertiary/aromatic N) is 2. The zero-order valence-electron chi connectivity index (χ0n) is 11.3. The van der Waals surface area contributed by atoms with Crippen molar-refractivity contribution >= 4 is 21.6 Å². The lowest BCUT2D eigenvalue weighted by Crippen LogP contribution is -2.27. The number of nitrogens with one attached hydrogen (secondary N) is 1. The third-order valence-corrected chi connectivity index (χ3v) is 4.37. The van der Waals surface area contributed by atoms with Crippen molar-refractivity contribution in [2.24, 2.45) is 5.92 Å². The van der Waals surface area contributed by atoms with E-state index in [9.17, 15) is 9.90 Å². The Kier molecular flexibility index (Phi) is 4.62. The smallest absolute Gasteiger partial charge is 0.283 e. The van der Waals surface area contributed by atoms with Gasteiger partial charge in [0.1, 0.15) is 4.47 Å². The highest BCUT2D eigenvalue weighted by Crippen LogP contribution is 2.26. The molecule has 2 atom stereocenters. The molecule has 1 aromatic rings. The number of aliphatic hydroxyl groups excluding tert-OH is 1. The third kappa shape index (κ3) is 3.17. The molecular weight excluding hydrogens is 310 g/mol. The minimum atomic E-state index is -0.227. The Hall–Kier alpha value is -0.880. The first-order valence-corrected chi connectivity index (χ1v) is 7.49. The fraction of sp³-hybridized carbons (Fsp3) is 0.692. The fourth-order valence-electron chi connectivity index (χ4n) is 2.43. The number of aromatic nitrogens is 2. The van der Waals surface area contributed by atoms with Gasteiger partial charge in [0, 0.05) is 12.5 Å². The van der Waals surface area contributed by atoms with Crippen molar-refractivity contribution in [1.82, 2.24) is 9.78 Å². The molecule has 1 aromatic heterocycles. The molecule has 2 unspecified atom stereocenters. The lowest BCUT2D eigenvalue weighted by Gasteiger charge is -2.17. The van der Waals surface area contributed by atoms with Crippen LogP contribution in [0.2, 0.25) is 0 Å². The maximum absolute atomic E-state index is 12.1. The molecule has 1 heterocycles. The summed E-state index contributed by atoms with van der Waals surface area (Å²) >= 11 is 3.33. The summed E-state index contributed by atoms with van der Waals surface area (Å²) in [7, 11) is 0. The van der Waals surface area contributed by atoms with Crippen LogP contribution in [0.15, 0.2) is 15.5 Å². The van der Waals surface area contributed by atoms with Gasteiger partial charge in [0.25, 0.3) is 5.56 Å². The molecule has 19 heavy (non-hydrogen) atoms. The molecule has 6 heteroatoms. The summed E-state index contributed by atoms with van der Waals surface area (Å²) in [5.74, 6) is 0.263. The molecule has 1 aliphatic carbocycles. The average Bonchev–Trinajstić information content (AvgIpc) is 2.76. The summed E-state index contributed by atoms with van der Waals surface area (Å²) in [5.41, 5.74) is 0.563. The van der Waals surface area contributed by atoms with Crippen LogP contribution in [0.25, 0.3) is 0 Å². The topological polar surface area (TPSA) is 67.2 Å². The first-order chi connectivity index (χ1) is 9.00. The quantitative estimate of drug-likeness (QED) is 0.888. The number of aliphatic hydroxyl groups is 1. The Labute approximate surface area is 121 Å². The first-order valence-electron chi connectivity index (χ1n) is 6.70. The summed E-state index contributed by atoms with van der Waals surface area (Å²) in [5, 5.41) is 17.1. The van der Waals surface area contributed by atoms with Crippen molar-refractivity contribution in [2.45, 2.75) is 45.3 Å². The minimum absolute atomic E-state index is 0.0366. The number of halogens is 1. The predicted molar refractivity (Wildman–Crippen MR) is 78.4 cm³/mol. The van der Waals surface area contributed by atoms with Crippen LogP contribution < -0.4 is 10.9 Å². The van der Waals surface area contributed by atoms with Crippen molar-refractivity contribution in [3.05, 3.63) is 21.0 Å². The van der Waals surface area contributed by atoms with E-state index in [2.05, 4.69) is 26.3 Å². The molecule has 2 N–H and O–H groups in total. The van der Waals surface area contributed by atoms with Crippen LogP contribution in [0.3, 0.4) is 0 Å². The molecule has 0 aliphatic heterocycles. The van der Waals surface area contributed by atoms with E-state index >= 15 is 0 Å². The molecule has 106 valence electrons. The largest absolute Gasteiger partial charge is 0.393 e. The zero-order chi connectivity index (χ0) is 14.0. The lowest BCUT2D eigenvalue weighted by molar-refractivity contribution is 0.138. The van der Waals surface area contributed by atoms with E-state index in [1.54, 1.807) is 6.20 Å². The van der Waals surface area contributed by atoms with Gasteiger partial charge in [0.2, 0.25) is 0 Å². The molecule has 0 spiro atoms. The van der Waals surface area contributed by atoms with Crippen LogP contribution in [-0.2, 0) is 0 Å². The molecule has 0 radical (unpaired) electrons. The summed E-state index contributed by atoms with van der Waals surface area (Å²) in [6, 6.07) is 0.0366. The second kappa shape index (κ2) is 6.05. The normalized spacial score (nSPS) is 23.0. The monoisotopic (exact) mass is 329 g/mol. The number of rotatable bonds is 4. The molecular formula is C13H20BrN3O2. The summed E-state index contributed by atoms with van der Waals surface area (Å²) < 4.78 is 1.95. The molecule has 2 rings (SSSR count). The second-order valence-corrected chi connectivity index (χ2v) is 6.15. The van der Waals surface area contributed by atoms with E-state index in [1.807, 2.05) is 13.8 Å². The second-order valence-electron chi connectivity index (χ2n) is 5.35. The Morgan fingerprint density at radius 1 is 1.58 bits per heavy atom. The molecule has 1 saturated carbocycles. The Morgan fingerprint density at radius 2 is 2.32 bits per heavy atom.